The molecule has 0 saturated heterocycles. The van der Waals surface area contributed by atoms with Crippen molar-refractivity contribution in [2.45, 2.75) is 6.04 Å². The molecule has 5 heteroatoms. The fourth-order valence-corrected chi connectivity index (χ4v) is 3.17. The molecular formula is C21H19N3O2. The predicted molar refractivity (Wildman–Crippen MR) is 102 cm³/mol. The van der Waals surface area contributed by atoms with Gasteiger partial charge in [-0.1, -0.05) is 42.5 Å². The molecule has 1 aliphatic rings. The summed E-state index contributed by atoms with van der Waals surface area (Å²) in [7, 11) is 3.32. The molecule has 3 aromatic rings. The minimum absolute atomic E-state index is 0.212. The van der Waals surface area contributed by atoms with Gasteiger partial charge in [-0.05, 0) is 35.4 Å². The highest BCUT2D eigenvalue weighted by Crippen LogP contribution is 2.40. The molecule has 0 saturated carbocycles. The molecule has 2 heterocycles. The summed E-state index contributed by atoms with van der Waals surface area (Å²) in [6.07, 6.45) is 1.75. The molecule has 0 radical (unpaired) electrons. The first-order chi connectivity index (χ1) is 12.8. The Bertz CT molecular complexity index is 924. The van der Waals surface area contributed by atoms with Crippen LogP contribution < -0.4 is 9.80 Å². The van der Waals surface area contributed by atoms with Crippen molar-refractivity contribution in [1.82, 2.24) is 4.98 Å². The quantitative estimate of drug-likeness (QED) is 0.706. The molecule has 2 aromatic carbocycles. The average Bonchev–Trinajstić information content (AvgIpc) is 2.73. The van der Waals surface area contributed by atoms with E-state index in [0.29, 0.717) is 5.82 Å². The maximum Gasteiger partial charge on any atom is 0.179 e. The van der Waals surface area contributed by atoms with Crippen LogP contribution in [0.1, 0.15) is 17.2 Å². The number of hydrogen-bond acceptors (Lipinski definition) is 5. The van der Waals surface area contributed by atoms with Crippen LogP contribution in [0.2, 0.25) is 0 Å². The monoisotopic (exact) mass is 345 g/mol. The fraction of sp³-hybridized carbons (Fsp3) is 0.143. The van der Waals surface area contributed by atoms with Crippen molar-refractivity contribution in [1.29, 1.82) is 0 Å². The Morgan fingerprint density at radius 3 is 2.35 bits per heavy atom. The van der Waals surface area contributed by atoms with E-state index in [0.717, 1.165) is 28.3 Å². The van der Waals surface area contributed by atoms with Gasteiger partial charge in [0.1, 0.15) is 17.5 Å². The minimum atomic E-state index is -0.212. The van der Waals surface area contributed by atoms with Gasteiger partial charge in [-0.2, -0.15) is 0 Å². The number of hydroxylamine groups is 1. The van der Waals surface area contributed by atoms with Crippen LogP contribution in [0.25, 0.3) is 0 Å². The lowest BCUT2D eigenvalue weighted by Crippen LogP contribution is -2.36. The number of pyridine rings is 1. The zero-order valence-corrected chi connectivity index (χ0v) is 14.7. The first kappa shape index (κ1) is 16.3. The van der Waals surface area contributed by atoms with E-state index in [4.69, 9.17) is 14.6 Å². The third-order valence-corrected chi connectivity index (χ3v) is 4.41. The number of ether oxygens (including phenoxy) is 1. The number of aliphatic imine (C=N–C) groups is 1. The second-order valence-corrected chi connectivity index (χ2v) is 5.89. The third kappa shape index (κ3) is 2.82. The maximum absolute atomic E-state index is 5.75. The average molecular weight is 345 g/mol. The summed E-state index contributed by atoms with van der Waals surface area (Å²) in [5.41, 5.74) is 3.80. The van der Waals surface area contributed by atoms with Gasteiger partial charge in [-0.3, -0.25) is 4.84 Å². The molecule has 0 aliphatic carbocycles. The zero-order valence-electron chi connectivity index (χ0n) is 14.7. The number of aromatic nitrogens is 1. The van der Waals surface area contributed by atoms with E-state index in [-0.39, 0.29) is 6.04 Å². The maximum atomic E-state index is 5.75. The molecule has 0 N–H and O–H groups in total. The van der Waals surface area contributed by atoms with Crippen LogP contribution in [-0.2, 0) is 4.84 Å². The van der Waals surface area contributed by atoms with Crippen molar-refractivity contribution < 1.29 is 9.57 Å². The predicted octanol–water partition coefficient (Wildman–Crippen LogP) is 4.33. The lowest BCUT2D eigenvalue weighted by atomic mass is 9.94. The van der Waals surface area contributed by atoms with Crippen LogP contribution in [0, 0.1) is 0 Å². The highest BCUT2D eigenvalue weighted by atomic mass is 16.7. The molecule has 0 spiro atoms. The first-order valence-electron chi connectivity index (χ1n) is 8.38. The second-order valence-electron chi connectivity index (χ2n) is 5.89. The molecule has 5 nitrogen and oxygen atoms in total. The topological polar surface area (TPSA) is 47.0 Å². The highest BCUT2D eigenvalue weighted by molar-refractivity contribution is 6.09. The molecular weight excluding hydrogens is 326 g/mol. The summed E-state index contributed by atoms with van der Waals surface area (Å²) < 4.78 is 5.29. The summed E-state index contributed by atoms with van der Waals surface area (Å²) >= 11 is 0. The van der Waals surface area contributed by atoms with Crippen LogP contribution >= 0.6 is 0 Å². The molecule has 0 fully saturated rings. The van der Waals surface area contributed by atoms with Crippen molar-refractivity contribution in [2.24, 2.45) is 4.99 Å². The van der Waals surface area contributed by atoms with Crippen molar-refractivity contribution in [3.05, 3.63) is 84.1 Å². The van der Waals surface area contributed by atoms with Gasteiger partial charge in [0.25, 0.3) is 0 Å². The van der Waals surface area contributed by atoms with Crippen molar-refractivity contribution in [2.75, 3.05) is 19.3 Å². The van der Waals surface area contributed by atoms with Crippen molar-refractivity contribution in [3.8, 4) is 5.75 Å². The molecule has 130 valence electrons. The zero-order chi connectivity index (χ0) is 17.9. The van der Waals surface area contributed by atoms with E-state index >= 15 is 0 Å². The van der Waals surface area contributed by atoms with Gasteiger partial charge in [0, 0.05) is 6.20 Å². The number of fused-ring (bicyclic) bond motifs is 1. The number of rotatable bonds is 4. The second kappa shape index (κ2) is 6.98. The summed E-state index contributed by atoms with van der Waals surface area (Å²) in [6.45, 7) is 0. The van der Waals surface area contributed by atoms with E-state index in [1.165, 1.54) is 0 Å². The van der Waals surface area contributed by atoms with E-state index in [1.54, 1.807) is 20.4 Å². The molecule has 1 aliphatic heterocycles. The Labute approximate surface area is 152 Å². The number of benzene rings is 2. The van der Waals surface area contributed by atoms with Crippen LogP contribution in [0.3, 0.4) is 0 Å². The van der Waals surface area contributed by atoms with Crippen molar-refractivity contribution >= 4 is 17.2 Å². The summed E-state index contributed by atoms with van der Waals surface area (Å²) in [5, 5.41) is 1.81. The van der Waals surface area contributed by atoms with Gasteiger partial charge in [-0.25, -0.2) is 15.0 Å². The van der Waals surface area contributed by atoms with Crippen LogP contribution in [-0.4, -0.2) is 24.9 Å². The van der Waals surface area contributed by atoms with Gasteiger partial charge >= 0.3 is 0 Å². The van der Waals surface area contributed by atoms with E-state index in [2.05, 4.69) is 17.1 Å². The standard InChI is InChI=1S/C21H19N3O2/c1-25-17-12-10-16(11-13-17)20-19(15-7-4-3-5-8-15)23-18-9-6-14-22-21(18)24(20)26-2/h3-14,20H,1-2H3. The lowest BCUT2D eigenvalue weighted by Gasteiger charge is -2.35. The highest BCUT2D eigenvalue weighted by Gasteiger charge is 2.33. The molecule has 4 rings (SSSR count). The van der Waals surface area contributed by atoms with Gasteiger partial charge < -0.3 is 4.74 Å². The van der Waals surface area contributed by atoms with Gasteiger partial charge in [0.2, 0.25) is 0 Å². The third-order valence-electron chi connectivity index (χ3n) is 4.41. The Balaban J connectivity index is 1.90. The molecule has 1 atom stereocenters. The van der Waals surface area contributed by atoms with Gasteiger partial charge in [0.15, 0.2) is 5.82 Å². The fourth-order valence-electron chi connectivity index (χ4n) is 3.17. The summed E-state index contributed by atoms with van der Waals surface area (Å²) in [6, 6.07) is 21.7. The van der Waals surface area contributed by atoms with Gasteiger partial charge in [-0.15, -0.1) is 0 Å². The van der Waals surface area contributed by atoms with Crippen molar-refractivity contribution in [3.63, 3.8) is 0 Å². The normalized spacial score (nSPS) is 16.0. The van der Waals surface area contributed by atoms with Crippen LogP contribution in [0.5, 0.6) is 5.75 Å². The molecule has 0 bridgehead atoms. The smallest absolute Gasteiger partial charge is 0.179 e. The van der Waals surface area contributed by atoms with E-state index in [9.17, 15) is 0 Å². The minimum Gasteiger partial charge on any atom is -0.497 e. The first-order valence-corrected chi connectivity index (χ1v) is 8.38. The van der Waals surface area contributed by atoms with Gasteiger partial charge in [0.05, 0.1) is 19.9 Å². The molecule has 0 amide bonds. The van der Waals surface area contributed by atoms with Crippen LogP contribution in [0.4, 0.5) is 11.5 Å². The SMILES string of the molecule is COc1ccc(C2C(c3ccccc3)=Nc3cccnc3N2OC)cc1. The van der Waals surface area contributed by atoms with E-state index in [1.807, 2.05) is 59.7 Å². The van der Waals surface area contributed by atoms with E-state index < -0.39 is 0 Å². The molecule has 1 aromatic heterocycles. The summed E-state index contributed by atoms with van der Waals surface area (Å²) in [4.78, 5) is 15.1. The Morgan fingerprint density at radius 2 is 1.65 bits per heavy atom. The van der Waals surface area contributed by atoms with Crippen LogP contribution in [0.15, 0.2) is 77.9 Å². The number of nitrogens with zero attached hydrogens (tertiary/aromatic N) is 3. The number of anilines is 1. The number of hydrogen-bond donors (Lipinski definition) is 0. The molecule has 1 unspecified atom stereocenters. The molecule has 26 heavy (non-hydrogen) atoms. The Hall–Kier alpha value is -3.18. The largest absolute Gasteiger partial charge is 0.497 e. The lowest BCUT2D eigenvalue weighted by molar-refractivity contribution is 0.152. The Morgan fingerprint density at radius 1 is 0.885 bits per heavy atom. The Kier molecular flexibility index (Phi) is 4.37. The number of methoxy groups -OCH3 is 1. The summed E-state index contributed by atoms with van der Waals surface area (Å²) in [5.74, 6) is 1.51.